The van der Waals surface area contributed by atoms with Gasteiger partial charge >= 0.3 is 0 Å². The molecule has 16 heavy (non-hydrogen) atoms. The Morgan fingerprint density at radius 3 is 2.88 bits per heavy atom. The van der Waals surface area contributed by atoms with Gasteiger partial charge in [-0.05, 0) is 25.5 Å². The molecule has 0 aliphatic rings. The molecule has 1 amide bonds. The first-order valence-corrected chi connectivity index (χ1v) is 5.34. The van der Waals surface area contributed by atoms with E-state index in [4.69, 9.17) is 5.26 Å². The highest BCUT2D eigenvalue weighted by Gasteiger charge is 2.09. The fraction of sp³-hybridized carbons (Fsp3) is 0.417. The molecule has 0 aliphatic heterocycles. The monoisotopic (exact) mass is 217 g/mol. The van der Waals surface area contributed by atoms with Gasteiger partial charge in [-0.3, -0.25) is 4.79 Å². The van der Waals surface area contributed by atoms with Gasteiger partial charge in [0.1, 0.15) is 11.8 Å². The van der Waals surface area contributed by atoms with E-state index in [-0.39, 0.29) is 11.9 Å². The van der Waals surface area contributed by atoms with Gasteiger partial charge in [0.2, 0.25) is 0 Å². The third kappa shape index (κ3) is 3.35. The maximum atomic E-state index is 11.7. The fourth-order valence-electron chi connectivity index (χ4n) is 1.40. The lowest BCUT2D eigenvalue weighted by molar-refractivity contribution is 0.0933. The van der Waals surface area contributed by atoms with Gasteiger partial charge in [0.15, 0.2) is 0 Å². The van der Waals surface area contributed by atoms with Gasteiger partial charge in [-0.15, -0.1) is 0 Å². The number of nitrogens with one attached hydrogen (secondary N) is 1. The van der Waals surface area contributed by atoms with Gasteiger partial charge < -0.3 is 5.32 Å². The number of aromatic nitrogens is 1. The normalized spacial score (nSPS) is 11.6. The molecule has 0 bridgehead atoms. The Labute approximate surface area is 95.3 Å². The molecule has 0 spiro atoms. The van der Waals surface area contributed by atoms with Crippen LogP contribution in [0.15, 0.2) is 18.3 Å². The number of nitriles is 1. The highest BCUT2D eigenvalue weighted by Crippen LogP contribution is 2.01. The zero-order chi connectivity index (χ0) is 12.0. The maximum Gasteiger partial charge on any atom is 0.270 e. The standard InChI is InChI=1S/C12H15N3O/c1-3-4-9(2)15-12(16)11-6-5-10(7-13)8-14-11/h5-6,8-9H,3-4H2,1-2H3,(H,15,16). The van der Waals surface area contributed by atoms with E-state index in [1.807, 2.05) is 13.0 Å². The number of hydrogen-bond acceptors (Lipinski definition) is 3. The number of amides is 1. The van der Waals surface area contributed by atoms with Crippen molar-refractivity contribution in [3.63, 3.8) is 0 Å². The molecule has 1 N–H and O–H groups in total. The van der Waals surface area contributed by atoms with E-state index in [9.17, 15) is 4.79 Å². The van der Waals surface area contributed by atoms with Crippen molar-refractivity contribution < 1.29 is 4.79 Å². The Kier molecular flexibility index (Phi) is 4.46. The molecule has 0 fully saturated rings. The lowest BCUT2D eigenvalue weighted by atomic mass is 10.2. The molecule has 0 aromatic carbocycles. The maximum absolute atomic E-state index is 11.7. The summed E-state index contributed by atoms with van der Waals surface area (Å²) in [6, 6.07) is 5.26. The molecule has 1 aromatic heterocycles. The van der Waals surface area contributed by atoms with E-state index in [2.05, 4.69) is 17.2 Å². The zero-order valence-electron chi connectivity index (χ0n) is 9.53. The van der Waals surface area contributed by atoms with E-state index in [0.717, 1.165) is 12.8 Å². The highest BCUT2D eigenvalue weighted by atomic mass is 16.1. The fourth-order valence-corrected chi connectivity index (χ4v) is 1.40. The Hall–Kier alpha value is -1.89. The minimum absolute atomic E-state index is 0.148. The second kappa shape index (κ2) is 5.86. The van der Waals surface area contributed by atoms with Crippen LogP contribution in [-0.4, -0.2) is 16.9 Å². The van der Waals surface area contributed by atoms with Crippen molar-refractivity contribution in [2.24, 2.45) is 0 Å². The average molecular weight is 217 g/mol. The summed E-state index contributed by atoms with van der Waals surface area (Å²) in [5.74, 6) is -0.189. The van der Waals surface area contributed by atoms with Crippen molar-refractivity contribution in [1.29, 1.82) is 5.26 Å². The van der Waals surface area contributed by atoms with Gasteiger partial charge in [-0.25, -0.2) is 4.98 Å². The molecular weight excluding hydrogens is 202 g/mol. The number of rotatable bonds is 4. The van der Waals surface area contributed by atoms with Gasteiger partial charge in [0, 0.05) is 12.2 Å². The lowest BCUT2D eigenvalue weighted by Crippen LogP contribution is -2.32. The summed E-state index contributed by atoms with van der Waals surface area (Å²) in [6.07, 6.45) is 3.38. The third-order valence-electron chi connectivity index (χ3n) is 2.22. The largest absolute Gasteiger partial charge is 0.348 e. The third-order valence-corrected chi connectivity index (χ3v) is 2.22. The van der Waals surface area contributed by atoms with Crippen LogP contribution in [0.4, 0.5) is 0 Å². The highest BCUT2D eigenvalue weighted by molar-refractivity contribution is 5.92. The molecule has 1 atom stereocenters. The van der Waals surface area contributed by atoms with Crippen molar-refractivity contribution in [1.82, 2.24) is 10.3 Å². The molecule has 0 saturated carbocycles. The lowest BCUT2D eigenvalue weighted by Gasteiger charge is -2.11. The van der Waals surface area contributed by atoms with Crippen LogP contribution in [0.1, 0.15) is 42.7 Å². The Morgan fingerprint density at radius 2 is 2.38 bits per heavy atom. The van der Waals surface area contributed by atoms with Crippen LogP contribution in [-0.2, 0) is 0 Å². The van der Waals surface area contributed by atoms with Crippen LogP contribution in [0.25, 0.3) is 0 Å². The molecule has 4 nitrogen and oxygen atoms in total. The predicted octanol–water partition coefficient (Wildman–Crippen LogP) is 1.87. The Morgan fingerprint density at radius 1 is 1.62 bits per heavy atom. The molecule has 84 valence electrons. The van der Waals surface area contributed by atoms with Gasteiger partial charge in [-0.2, -0.15) is 5.26 Å². The molecule has 1 aromatic rings. The van der Waals surface area contributed by atoms with Crippen LogP contribution in [0, 0.1) is 11.3 Å². The Bertz CT molecular complexity index is 392. The summed E-state index contributed by atoms with van der Waals surface area (Å²) in [7, 11) is 0. The average Bonchev–Trinajstić information content (AvgIpc) is 2.29. The van der Waals surface area contributed by atoms with Crippen molar-refractivity contribution in [3.05, 3.63) is 29.6 Å². The van der Waals surface area contributed by atoms with E-state index in [1.165, 1.54) is 6.20 Å². The smallest absolute Gasteiger partial charge is 0.270 e. The first kappa shape index (κ1) is 12.2. The minimum atomic E-state index is -0.189. The summed E-state index contributed by atoms with van der Waals surface area (Å²) < 4.78 is 0. The van der Waals surface area contributed by atoms with Crippen LogP contribution in [0.3, 0.4) is 0 Å². The first-order chi connectivity index (χ1) is 7.67. The number of nitrogens with zero attached hydrogens (tertiary/aromatic N) is 2. The number of hydrogen-bond donors (Lipinski definition) is 1. The molecular formula is C12H15N3O. The number of pyridine rings is 1. The van der Waals surface area contributed by atoms with Crippen LogP contribution in [0.5, 0.6) is 0 Å². The van der Waals surface area contributed by atoms with E-state index in [1.54, 1.807) is 12.1 Å². The van der Waals surface area contributed by atoms with Crippen molar-refractivity contribution in [2.45, 2.75) is 32.7 Å². The minimum Gasteiger partial charge on any atom is -0.348 e. The summed E-state index contributed by atoms with van der Waals surface area (Å²) in [5, 5.41) is 11.4. The topological polar surface area (TPSA) is 65.8 Å². The molecule has 0 saturated heterocycles. The molecule has 0 radical (unpaired) electrons. The van der Waals surface area contributed by atoms with Crippen molar-refractivity contribution in [2.75, 3.05) is 0 Å². The summed E-state index contributed by atoms with van der Waals surface area (Å²) in [4.78, 5) is 15.6. The second-order valence-corrected chi connectivity index (χ2v) is 3.71. The van der Waals surface area contributed by atoms with E-state index < -0.39 is 0 Å². The summed E-state index contributed by atoms with van der Waals surface area (Å²) in [5.41, 5.74) is 0.806. The number of carbonyl (C=O) groups excluding carboxylic acids is 1. The van der Waals surface area contributed by atoms with Crippen LogP contribution >= 0.6 is 0 Å². The SMILES string of the molecule is CCCC(C)NC(=O)c1ccc(C#N)cn1. The zero-order valence-corrected chi connectivity index (χ0v) is 9.53. The predicted molar refractivity (Wildman–Crippen MR) is 60.8 cm³/mol. The first-order valence-electron chi connectivity index (χ1n) is 5.34. The van der Waals surface area contributed by atoms with E-state index in [0.29, 0.717) is 11.3 Å². The molecule has 1 heterocycles. The van der Waals surface area contributed by atoms with Gasteiger partial charge in [-0.1, -0.05) is 13.3 Å². The molecule has 1 rings (SSSR count). The van der Waals surface area contributed by atoms with Crippen LogP contribution in [0.2, 0.25) is 0 Å². The quantitative estimate of drug-likeness (QED) is 0.837. The Balaban J connectivity index is 2.63. The molecule has 0 aliphatic carbocycles. The summed E-state index contributed by atoms with van der Waals surface area (Å²) >= 11 is 0. The van der Waals surface area contributed by atoms with Gasteiger partial charge in [0.05, 0.1) is 5.56 Å². The van der Waals surface area contributed by atoms with E-state index >= 15 is 0 Å². The molecule has 1 unspecified atom stereocenters. The summed E-state index contributed by atoms with van der Waals surface area (Å²) in [6.45, 7) is 4.04. The molecule has 4 heteroatoms. The van der Waals surface area contributed by atoms with Gasteiger partial charge in [0.25, 0.3) is 5.91 Å². The van der Waals surface area contributed by atoms with Crippen molar-refractivity contribution in [3.8, 4) is 6.07 Å². The second-order valence-electron chi connectivity index (χ2n) is 3.71. The van der Waals surface area contributed by atoms with Crippen LogP contribution < -0.4 is 5.32 Å². The van der Waals surface area contributed by atoms with Crippen molar-refractivity contribution >= 4 is 5.91 Å². The number of carbonyl (C=O) groups is 1.